The van der Waals surface area contributed by atoms with Gasteiger partial charge in [-0.15, -0.1) is 12.3 Å². The van der Waals surface area contributed by atoms with Crippen LogP contribution < -0.4 is 0 Å². The molecule has 1 aliphatic heterocycles. The van der Waals surface area contributed by atoms with Gasteiger partial charge in [0.05, 0.1) is 18.8 Å². The van der Waals surface area contributed by atoms with E-state index >= 15 is 0 Å². The zero-order valence-electron chi connectivity index (χ0n) is 18.6. The number of terminal acetylenes is 1. The largest absolute Gasteiger partial charge is 0.376 e. The van der Waals surface area contributed by atoms with Crippen LogP contribution in [0, 0.1) is 24.2 Å². The molecule has 2 rings (SSSR count). The van der Waals surface area contributed by atoms with Gasteiger partial charge in [0, 0.05) is 19.4 Å². The molecule has 29 heavy (non-hydrogen) atoms. The number of nitrogens with zero attached hydrogens (tertiary/aromatic N) is 1. The zero-order chi connectivity index (χ0) is 21.1. The van der Waals surface area contributed by atoms with Crippen LogP contribution in [0.4, 0.5) is 0 Å². The summed E-state index contributed by atoms with van der Waals surface area (Å²) in [6.07, 6.45) is 14.9. The van der Waals surface area contributed by atoms with E-state index in [1.165, 1.54) is 18.4 Å². The van der Waals surface area contributed by atoms with Crippen molar-refractivity contribution in [2.45, 2.75) is 83.8 Å². The summed E-state index contributed by atoms with van der Waals surface area (Å²) in [6.45, 7) is 4.99. The number of hydrogen-bond donors (Lipinski definition) is 0. The molecule has 1 aromatic carbocycles. The normalized spacial score (nSPS) is 27.4. The summed E-state index contributed by atoms with van der Waals surface area (Å²) in [5.41, 5.74) is 1.25. The number of unbranched alkanes of at least 4 members (excludes halogenated alkanes) is 1. The molecule has 1 heterocycles. The Hall–Kier alpha value is -1.79. The number of amides is 1. The number of rotatable bonds is 5. The minimum Gasteiger partial charge on any atom is -0.376 e. The Kier molecular flexibility index (Phi) is 10.3. The van der Waals surface area contributed by atoms with Crippen LogP contribution >= 0.6 is 0 Å². The molecule has 0 bridgehead atoms. The Labute approximate surface area is 178 Å². The fourth-order valence-corrected chi connectivity index (χ4v) is 4.30. The molecule has 0 spiro atoms. The second-order valence-electron chi connectivity index (χ2n) is 8.87. The molecular weight excluding hydrogens is 358 g/mol. The molecule has 1 fully saturated rings. The maximum Gasteiger partial charge on any atom is 0.225 e. The van der Waals surface area contributed by atoms with Crippen LogP contribution in [0.15, 0.2) is 30.3 Å². The summed E-state index contributed by atoms with van der Waals surface area (Å²) in [4.78, 5) is 15.0. The molecule has 1 aromatic rings. The lowest BCUT2D eigenvalue weighted by molar-refractivity contribution is -0.138. The van der Waals surface area contributed by atoms with Gasteiger partial charge in [-0.3, -0.25) is 4.79 Å². The van der Waals surface area contributed by atoms with Crippen molar-refractivity contribution in [3.8, 4) is 12.3 Å². The molecule has 0 aliphatic carbocycles. The summed E-state index contributed by atoms with van der Waals surface area (Å²) in [7, 11) is 1.95. The Balaban J connectivity index is 2.15. The molecule has 0 radical (unpaired) electrons. The van der Waals surface area contributed by atoms with Crippen molar-refractivity contribution >= 4 is 5.91 Å². The number of carbonyl (C=O) groups is 1. The van der Waals surface area contributed by atoms with Gasteiger partial charge in [-0.2, -0.15) is 0 Å². The third kappa shape index (κ3) is 8.23. The van der Waals surface area contributed by atoms with Crippen molar-refractivity contribution in [1.82, 2.24) is 4.90 Å². The third-order valence-corrected chi connectivity index (χ3v) is 6.25. The summed E-state index contributed by atoms with van der Waals surface area (Å²) in [6, 6.07) is 10.5. The lowest BCUT2D eigenvalue weighted by Gasteiger charge is -2.32. The average Bonchev–Trinajstić information content (AvgIpc) is 2.73. The van der Waals surface area contributed by atoms with E-state index < -0.39 is 0 Å². The second-order valence-corrected chi connectivity index (χ2v) is 8.87. The van der Waals surface area contributed by atoms with E-state index in [4.69, 9.17) is 11.2 Å². The Morgan fingerprint density at radius 1 is 1.17 bits per heavy atom. The van der Waals surface area contributed by atoms with Gasteiger partial charge < -0.3 is 9.64 Å². The second kappa shape index (κ2) is 12.7. The van der Waals surface area contributed by atoms with Crippen molar-refractivity contribution in [3.05, 3.63) is 35.9 Å². The van der Waals surface area contributed by atoms with Crippen LogP contribution in [0.1, 0.15) is 70.8 Å². The van der Waals surface area contributed by atoms with Gasteiger partial charge >= 0.3 is 0 Å². The van der Waals surface area contributed by atoms with Gasteiger partial charge in [0.2, 0.25) is 5.91 Å². The Bertz CT molecular complexity index is 636. The Morgan fingerprint density at radius 2 is 1.90 bits per heavy atom. The molecule has 3 nitrogen and oxygen atoms in total. The van der Waals surface area contributed by atoms with Crippen LogP contribution in [-0.4, -0.2) is 36.6 Å². The number of likely N-dealkylation sites (N-methyl/N-ethyl adjacent to an activating group) is 1. The number of carbonyl (C=O) groups excluding carboxylic acids is 1. The highest BCUT2D eigenvalue weighted by Crippen LogP contribution is 2.24. The maximum atomic E-state index is 13.1. The first kappa shape index (κ1) is 23.5. The van der Waals surface area contributed by atoms with E-state index in [2.05, 4.69) is 44.0 Å². The highest BCUT2D eigenvalue weighted by Gasteiger charge is 2.26. The first-order valence-electron chi connectivity index (χ1n) is 11.4. The lowest BCUT2D eigenvalue weighted by Crippen LogP contribution is -2.44. The maximum absolute atomic E-state index is 13.1. The van der Waals surface area contributed by atoms with Crippen molar-refractivity contribution in [2.24, 2.45) is 11.8 Å². The molecule has 0 aromatic heterocycles. The zero-order valence-corrected chi connectivity index (χ0v) is 18.6. The van der Waals surface area contributed by atoms with E-state index in [0.717, 1.165) is 44.9 Å². The molecule has 2 unspecified atom stereocenters. The summed E-state index contributed by atoms with van der Waals surface area (Å²) in [5, 5.41) is 0. The molecule has 1 aliphatic rings. The van der Waals surface area contributed by atoms with Gasteiger partial charge in [-0.1, -0.05) is 63.4 Å². The molecular formula is C26H39NO2. The lowest BCUT2D eigenvalue weighted by atomic mass is 9.93. The smallest absolute Gasteiger partial charge is 0.225 e. The van der Waals surface area contributed by atoms with Crippen molar-refractivity contribution < 1.29 is 9.53 Å². The van der Waals surface area contributed by atoms with Crippen LogP contribution in [0.3, 0.4) is 0 Å². The first-order chi connectivity index (χ1) is 14.0. The SMILES string of the molecule is C#CCCCC1CC(C)CCCC[C@H](C)C(=O)N(C)[C@@H](Cc2ccccc2)CO1. The quantitative estimate of drug-likeness (QED) is 0.486. The Morgan fingerprint density at radius 3 is 2.62 bits per heavy atom. The van der Waals surface area contributed by atoms with Crippen molar-refractivity contribution in [1.29, 1.82) is 0 Å². The molecule has 0 N–H and O–H groups in total. The molecule has 160 valence electrons. The number of benzene rings is 1. The van der Waals surface area contributed by atoms with Crippen molar-refractivity contribution in [2.75, 3.05) is 13.7 Å². The van der Waals surface area contributed by atoms with Crippen LogP contribution in [0.25, 0.3) is 0 Å². The average molecular weight is 398 g/mol. The van der Waals surface area contributed by atoms with E-state index in [1.54, 1.807) is 0 Å². The first-order valence-corrected chi connectivity index (χ1v) is 11.4. The van der Waals surface area contributed by atoms with Gasteiger partial charge in [0.25, 0.3) is 0 Å². The van der Waals surface area contributed by atoms with Crippen LogP contribution in [0.2, 0.25) is 0 Å². The van der Waals surface area contributed by atoms with Crippen LogP contribution in [0.5, 0.6) is 0 Å². The van der Waals surface area contributed by atoms with E-state index in [9.17, 15) is 4.79 Å². The predicted molar refractivity (Wildman–Crippen MR) is 121 cm³/mol. The van der Waals surface area contributed by atoms with Gasteiger partial charge in [0.15, 0.2) is 0 Å². The van der Waals surface area contributed by atoms with Crippen LogP contribution in [-0.2, 0) is 16.0 Å². The molecule has 0 saturated carbocycles. The van der Waals surface area contributed by atoms with E-state index in [0.29, 0.717) is 12.5 Å². The van der Waals surface area contributed by atoms with E-state index in [-0.39, 0.29) is 24.0 Å². The number of hydrogen-bond acceptors (Lipinski definition) is 2. The standard InChI is InChI=1S/C26H39NO2/c1-5-6-8-17-25-18-21(2)13-11-12-14-22(3)26(28)27(4)24(20-29-25)19-23-15-9-7-10-16-23/h1,7,9-10,15-16,21-22,24-25H,6,8,11-14,17-20H2,2-4H3/t21?,22-,24-,25?/m0/s1. The topological polar surface area (TPSA) is 29.5 Å². The number of ether oxygens (including phenoxy) is 1. The fraction of sp³-hybridized carbons (Fsp3) is 0.654. The minimum atomic E-state index is 0.0542. The highest BCUT2D eigenvalue weighted by molar-refractivity contribution is 5.78. The monoisotopic (exact) mass is 397 g/mol. The molecule has 3 heteroatoms. The van der Waals surface area contributed by atoms with E-state index in [1.807, 2.05) is 18.0 Å². The van der Waals surface area contributed by atoms with Crippen molar-refractivity contribution in [3.63, 3.8) is 0 Å². The summed E-state index contributed by atoms with van der Waals surface area (Å²) < 4.78 is 6.45. The predicted octanol–water partition coefficient (Wildman–Crippen LogP) is 5.48. The molecule has 1 amide bonds. The van der Waals surface area contributed by atoms with Gasteiger partial charge in [0.1, 0.15) is 0 Å². The molecule has 1 saturated heterocycles. The van der Waals surface area contributed by atoms with Gasteiger partial charge in [-0.05, 0) is 43.6 Å². The fourth-order valence-electron chi connectivity index (χ4n) is 4.30. The molecule has 4 atom stereocenters. The minimum absolute atomic E-state index is 0.0542. The highest BCUT2D eigenvalue weighted by atomic mass is 16.5. The summed E-state index contributed by atoms with van der Waals surface area (Å²) >= 11 is 0. The summed E-state index contributed by atoms with van der Waals surface area (Å²) in [5.74, 6) is 3.70. The third-order valence-electron chi connectivity index (χ3n) is 6.25. The van der Waals surface area contributed by atoms with Gasteiger partial charge in [-0.25, -0.2) is 0 Å².